The highest BCUT2D eigenvalue weighted by molar-refractivity contribution is 5.76. The van der Waals surface area contributed by atoms with Crippen LogP contribution in [0.1, 0.15) is 38.5 Å². The Balaban J connectivity index is 2.25. The summed E-state index contributed by atoms with van der Waals surface area (Å²) in [4.78, 5) is 11.7. The molecule has 1 saturated carbocycles. The van der Waals surface area contributed by atoms with E-state index in [1.165, 1.54) is 6.42 Å². The molecule has 3 N–H and O–H groups in total. The van der Waals surface area contributed by atoms with Crippen LogP contribution in [0, 0.1) is 0 Å². The molecule has 0 atom stereocenters. The van der Waals surface area contributed by atoms with Gasteiger partial charge in [-0.3, -0.25) is 4.79 Å². The average molecular weight is 264 g/mol. The minimum Gasteiger partial charge on any atom is -0.375 e. The maximum atomic E-state index is 11.8. The number of hydrogen-bond acceptors (Lipinski definition) is 3. The monoisotopic (exact) mass is 264 g/mol. The van der Waals surface area contributed by atoms with E-state index in [1.54, 1.807) is 0 Å². The first-order chi connectivity index (χ1) is 8.58. The summed E-state index contributed by atoms with van der Waals surface area (Å²) in [7, 11) is 0. The van der Waals surface area contributed by atoms with Crippen LogP contribution in [0.4, 0.5) is 8.78 Å². The van der Waals surface area contributed by atoms with Crippen molar-refractivity contribution in [1.29, 1.82) is 0 Å². The van der Waals surface area contributed by atoms with Crippen LogP contribution in [0.15, 0.2) is 0 Å². The Morgan fingerprint density at radius 3 is 2.56 bits per heavy atom. The lowest BCUT2D eigenvalue weighted by atomic mass is 9.81. The standard InChI is InChI=1S/C12H22F2N2O2/c13-10(14)8-18-7-4-11(17)16-12(9-15)5-2-1-3-6-12/h10H,1-9,15H2,(H,16,17). The normalized spacial score (nSPS) is 18.9. The molecule has 1 aliphatic carbocycles. The lowest BCUT2D eigenvalue weighted by Gasteiger charge is -2.37. The topological polar surface area (TPSA) is 64.3 Å². The largest absolute Gasteiger partial charge is 0.375 e. The number of carbonyl (C=O) groups is 1. The fourth-order valence-electron chi connectivity index (χ4n) is 2.30. The SMILES string of the molecule is NCC1(NC(=O)CCOCC(F)F)CCCCC1. The number of ether oxygens (including phenoxy) is 1. The third-order valence-corrected chi connectivity index (χ3v) is 3.32. The Bertz CT molecular complexity index is 256. The van der Waals surface area contributed by atoms with Gasteiger partial charge in [-0.1, -0.05) is 19.3 Å². The van der Waals surface area contributed by atoms with Crippen molar-refractivity contribution < 1.29 is 18.3 Å². The van der Waals surface area contributed by atoms with Gasteiger partial charge in [0.1, 0.15) is 6.61 Å². The first-order valence-corrected chi connectivity index (χ1v) is 6.45. The van der Waals surface area contributed by atoms with E-state index in [1.807, 2.05) is 0 Å². The van der Waals surface area contributed by atoms with Crippen molar-refractivity contribution >= 4 is 5.91 Å². The van der Waals surface area contributed by atoms with Crippen molar-refractivity contribution in [1.82, 2.24) is 5.32 Å². The van der Waals surface area contributed by atoms with Gasteiger partial charge >= 0.3 is 0 Å². The second-order valence-electron chi connectivity index (χ2n) is 4.81. The van der Waals surface area contributed by atoms with Crippen LogP contribution in [-0.4, -0.2) is 37.6 Å². The third-order valence-electron chi connectivity index (χ3n) is 3.32. The molecule has 1 fully saturated rings. The van der Waals surface area contributed by atoms with E-state index in [2.05, 4.69) is 10.1 Å². The van der Waals surface area contributed by atoms with Gasteiger partial charge in [0.25, 0.3) is 6.43 Å². The highest BCUT2D eigenvalue weighted by Crippen LogP contribution is 2.27. The van der Waals surface area contributed by atoms with Crippen LogP contribution in [-0.2, 0) is 9.53 Å². The smallest absolute Gasteiger partial charge is 0.261 e. The summed E-state index contributed by atoms with van der Waals surface area (Å²) in [6.07, 6.45) is 2.73. The lowest BCUT2D eigenvalue weighted by Crippen LogP contribution is -2.54. The number of nitrogens with one attached hydrogen (secondary N) is 1. The third kappa shape index (κ3) is 5.27. The summed E-state index contributed by atoms with van der Waals surface area (Å²) < 4.78 is 28.3. The number of hydrogen-bond donors (Lipinski definition) is 2. The molecule has 1 amide bonds. The predicted molar refractivity (Wildman–Crippen MR) is 64.5 cm³/mol. The minimum atomic E-state index is -2.48. The van der Waals surface area contributed by atoms with Crippen molar-refractivity contribution in [2.45, 2.75) is 50.5 Å². The summed E-state index contributed by atoms with van der Waals surface area (Å²) in [6, 6.07) is 0. The van der Waals surface area contributed by atoms with Crippen molar-refractivity contribution in [3.63, 3.8) is 0 Å². The Kier molecular flexibility index (Phi) is 6.49. The van der Waals surface area contributed by atoms with Gasteiger partial charge in [0.15, 0.2) is 0 Å². The maximum absolute atomic E-state index is 11.8. The molecule has 6 heteroatoms. The summed E-state index contributed by atoms with van der Waals surface area (Å²) in [5, 5.41) is 2.94. The van der Waals surface area contributed by atoms with Gasteiger partial charge in [-0.2, -0.15) is 0 Å². The quantitative estimate of drug-likeness (QED) is 0.684. The molecule has 0 saturated heterocycles. The van der Waals surface area contributed by atoms with Crippen LogP contribution >= 0.6 is 0 Å². The molecule has 0 aromatic carbocycles. The molecule has 0 unspecified atom stereocenters. The Hall–Kier alpha value is -0.750. The van der Waals surface area contributed by atoms with Crippen LogP contribution in [0.2, 0.25) is 0 Å². The van der Waals surface area contributed by atoms with Crippen molar-refractivity contribution in [2.24, 2.45) is 5.73 Å². The Morgan fingerprint density at radius 2 is 2.00 bits per heavy atom. The molecule has 0 radical (unpaired) electrons. The Labute approximate surface area is 106 Å². The molecule has 0 aromatic rings. The van der Waals surface area contributed by atoms with Gasteiger partial charge in [0.2, 0.25) is 5.91 Å². The van der Waals surface area contributed by atoms with Gasteiger partial charge in [-0.25, -0.2) is 8.78 Å². The molecule has 0 aliphatic heterocycles. The summed E-state index contributed by atoms with van der Waals surface area (Å²) in [5.74, 6) is -0.170. The summed E-state index contributed by atoms with van der Waals surface area (Å²) >= 11 is 0. The summed E-state index contributed by atoms with van der Waals surface area (Å²) in [5.41, 5.74) is 5.44. The van der Waals surface area contributed by atoms with E-state index < -0.39 is 13.0 Å². The number of rotatable bonds is 7. The lowest BCUT2D eigenvalue weighted by molar-refractivity contribution is -0.124. The van der Waals surface area contributed by atoms with E-state index in [9.17, 15) is 13.6 Å². The van der Waals surface area contributed by atoms with Crippen molar-refractivity contribution in [3.05, 3.63) is 0 Å². The minimum absolute atomic E-state index is 0.0246. The Morgan fingerprint density at radius 1 is 1.33 bits per heavy atom. The van der Waals surface area contributed by atoms with E-state index in [4.69, 9.17) is 5.73 Å². The van der Waals surface area contributed by atoms with Crippen molar-refractivity contribution in [2.75, 3.05) is 19.8 Å². The summed E-state index contributed by atoms with van der Waals surface area (Å²) in [6.45, 7) is -0.164. The molecule has 1 rings (SSSR count). The van der Waals surface area contributed by atoms with Gasteiger partial charge in [-0.15, -0.1) is 0 Å². The maximum Gasteiger partial charge on any atom is 0.261 e. The van der Waals surface area contributed by atoms with Crippen LogP contribution < -0.4 is 11.1 Å². The molecule has 0 spiro atoms. The van der Waals surface area contributed by atoms with E-state index in [-0.39, 0.29) is 24.5 Å². The fourth-order valence-corrected chi connectivity index (χ4v) is 2.30. The van der Waals surface area contributed by atoms with E-state index >= 15 is 0 Å². The fraction of sp³-hybridized carbons (Fsp3) is 0.917. The number of alkyl halides is 2. The van der Waals surface area contributed by atoms with Gasteiger partial charge in [0.05, 0.1) is 12.1 Å². The van der Waals surface area contributed by atoms with Crippen LogP contribution in [0.3, 0.4) is 0 Å². The number of amides is 1. The molecular formula is C12H22F2N2O2. The van der Waals surface area contributed by atoms with Crippen molar-refractivity contribution in [3.8, 4) is 0 Å². The zero-order chi connectivity index (χ0) is 13.4. The predicted octanol–water partition coefficient (Wildman–Crippen LogP) is 1.44. The number of carbonyl (C=O) groups excluding carboxylic acids is 1. The van der Waals surface area contributed by atoms with E-state index in [0.717, 1.165) is 25.7 Å². The number of halogens is 2. The van der Waals surface area contributed by atoms with E-state index in [0.29, 0.717) is 6.54 Å². The molecule has 0 aromatic heterocycles. The molecule has 106 valence electrons. The van der Waals surface area contributed by atoms with Gasteiger partial charge in [0, 0.05) is 13.0 Å². The number of nitrogens with two attached hydrogens (primary N) is 1. The van der Waals surface area contributed by atoms with Crippen LogP contribution in [0.25, 0.3) is 0 Å². The molecule has 1 aliphatic rings. The zero-order valence-corrected chi connectivity index (χ0v) is 10.6. The first kappa shape index (κ1) is 15.3. The zero-order valence-electron chi connectivity index (χ0n) is 10.6. The highest BCUT2D eigenvalue weighted by atomic mass is 19.3. The molecule has 4 nitrogen and oxygen atoms in total. The highest BCUT2D eigenvalue weighted by Gasteiger charge is 2.31. The van der Waals surface area contributed by atoms with Gasteiger partial charge in [-0.05, 0) is 12.8 Å². The first-order valence-electron chi connectivity index (χ1n) is 6.45. The molecule has 0 bridgehead atoms. The average Bonchev–Trinajstić information content (AvgIpc) is 2.35. The van der Waals surface area contributed by atoms with Crippen LogP contribution in [0.5, 0.6) is 0 Å². The molecule has 0 heterocycles. The second kappa shape index (κ2) is 7.63. The molecular weight excluding hydrogens is 242 g/mol. The van der Waals surface area contributed by atoms with Gasteiger partial charge < -0.3 is 15.8 Å². The molecule has 18 heavy (non-hydrogen) atoms. The second-order valence-corrected chi connectivity index (χ2v) is 4.81.